The van der Waals surface area contributed by atoms with Crippen LogP contribution in [0.1, 0.15) is 35.9 Å². The number of aryl methyl sites for hydroxylation is 2. The Morgan fingerprint density at radius 1 is 1.32 bits per heavy atom. The molecule has 2 aromatic rings. The quantitative estimate of drug-likeness (QED) is 0.802. The number of nitrogens with zero attached hydrogens (tertiary/aromatic N) is 3. The first-order chi connectivity index (χ1) is 9.06. The summed E-state index contributed by atoms with van der Waals surface area (Å²) in [6, 6.07) is 5.02. The summed E-state index contributed by atoms with van der Waals surface area (Å²) in [5, 5.41) is 4.40. The van der Waals surface area contributed by atoms with Crippen LogP contribution < -0.4 is 11.5 Å². The number of primary amides is 1. The van der Waals surface area contributed by atoms with Gasteiger partial charge in [0.15, 0.2) is 5.82 Å². The minimum absolute atomic E-state index is 0.349. The number of nitrogen functional groups attached to an aromatic ring is 1. The zero-order valence-corrected chi connectivity index (χ0v) is 11.1. The molecule has 0 unspecified atom stereocenters. The lowest BCUT2D eigenvalue weighted by Gasteiger charge is -2.09. The van der Waals surface area contributed by atoms with Gasteiger partial charge in [0.2, 0.25) is 0 Å². The van der Waals surface area contributed by atoms with Crippen LogP contribution in [0.2, 0.25) is 0 Å². The van der Waals surface area contributed by atoms with Gasteiger partial charge >= 0.3 is 0 Å². The van der Waals surface area contributed by atoms with Gasteiger partial charge in [0.05, 0.1) is 11.3 Å². The Labute approximate surface area is 111 Å². The first-order valence-corrected chi connectivity index (χ1v) is 6.21. The lowest BCUT2D eigenvalue weighted by Crippen LogP contribution is -2.16. The second-order valence-electron chi connectivity index (χ2n) is 4.20. The Hall–Kier alpha value is -2.37. The molecule has 2 rings (SSSR count). The summed E-state index contributed by atoms with van der Waals surface area (Å²) in [4.78, 5) is 15.9. The molecule has 100 valence electrons. The second kappa shape index (κ2) is 5.09. The minimum Gasteiger partial charge on any atom is -0.399 e. The molecule has 0 radical (unpaired) electrons. The Morgan fingerprint density at radius 3 is 2.63 bits per heavy atom. The lowest BCUT2D eigenvalue weighted by atomic mass is 10.1. The molecular formula is C13H17N5O. The van der Waals surface area contributed by atoms with Crippen LogP contribution in [0.4, 0.5) is 5.69 Å². The normalized spacial score (nSPS) is 10.6. The molecule has 0 fully saturated rings. The molecule has 4 N–H and O–H groups in total. The topological polar surface area (TPSA) is 99.8 Å². The number of carbonyl (C=O) groups excluding carboxylic acids is 1. The fraction of sp³-hybridized carbons (Fsp3) is 0.308. The maximum atomic E-state index is 11.5. The van der Waals surface area contributed by atoms with E-state index < -0.39 is 5.91 Å². The number of aromatic nitrogens is 3. The third kappa shape index (κ3) is 2.42. The smallest absolute Gasteiger partial charge is 0.250 e. The molecular weight excluding hydrogens is 242 g/mol. The second-order valence-corrected chi connectivity index (χ2v) is 4.20. The van der Waals surface area contributed by atoms with Crippen molar-refractivity contribution in [3.63, 3.8) is 0 Å². The summed E-state index contributed by atoms with van der Waals surface area (Å²) < 4.78 is 1.67. The molecule has 0 spiro atoms. The molecule has 6 heteroatoms. The summed E-state index contributed by atoms with van der Waals surface area (Å²) in [6.07, 6.45) is 1.45. The molecule has 0 bridgehead atoms. The van der Waals surface area contributed by atoms with Crippen molar-refractivity contribution in [2.24, 2.45) is 5.73 Å². The van der Waals surface area contributed by atoms with Crippen molar-refractivity contribution in [3.05, 3.63) is 35.4 Å². The van der Waals surface area contributed by atoms with E-state index in [-0.39, 0.29) is 0 Å². The highest BCUT2D eigenvalue weighted by molar-refractivity contribution is 5.97. The minimum atomic E-state index is -0.530. The molecule has 0 atom stereocenters. The number of hydrogen-bond acceptors (Lipinski definition) is 4. The molecule has 0 saturated heterocycles. The summed E-state index contributed by atoms with van der Waals surface area (Å²) in [7, 11) is 0. The highest BCUT2D eigenvalue weighted by atomic mass is 16.1. The van der Waals surface area contributed by atoms with E-state index in [1.54, 1.807) is 22.9 Å². The van der Waals surface area contributed by atoms with Crippen molar-refractivity contribution in [1.29, 1.82) is 0 Å². The van der Waals surface area contributed by atoms with Gasteiger partial charge in [-0.3, -0.25) is 4.79 Å². The van der Waals surface area contributed by atoms with Gasteiger partial charge in [0, 0.05) is 18.5 Å². The number of benzene rings is 1. The molecule has 19 heavy (non-hydrogen) atoms. The number of rotatable bonds is 4. The molecule has 1 aromatic heterocycles. The van der Waals surface area contributed by atoms with Crippen molar-refractivity contribution in [2.45, 2.75) is 26.7 Å². The highest BCUT2D eigenvalue weighted by Crippen LogP contribution is 2.19. The first kappa shape index (κ1) is 13.1. The molecule has 0 aliphatic rings. The summed E-state index contributed by atoms with van der Waals surface area (Å²) >= 11 is 0. The summed E-state index contributed by atoms with van der Waals surface area (Å²) in [6.45, 7) is 3.97. The molecule has 0 saturated carbocycles. The van der Waals surface area contributed by atoms with Crippen LogP contribution in [-0.4, -0.2) is 20.7 Å². The van der Waals surface area contributed by atoms with Crippen molar-refractivity contribution in [1.82, 2.24) is 14.8 Å². The number of hydrogen-bond donors (Lipinski definition) is 2. The van der Waals surface area contributed by atoms with Gasteiger partial charge in [-0.2, -0.15) is 5.10 Å². The van der Waals surface area contributed by atoms with E-state index in [1.807, 2.05) is 13.8 Å². The highest BCUT2D eigenvalue weighted by Gasteiger charge is 2.15. The van der Waals surface area contributed by atoms with Crippen LogP contribution in [0.15, 0.2) is 18.2 Å². The van der Waals surface area contributed by atoms with Crippen molar-refractivity contribution in [2.75, 3.05) is 5.73 Å². The van der Waals surface area contributed by atoms with Crippen molar-refractivity contribution in [3.8, 4) is 5.69 Å². The van der Waals surface area contributed by atoms with Crippen LogP contribution in [-0.2, 0) is 12.8 Å². The summed E-state index contributed by atoms with van der Waals surface area (Å²) in [5.74, 6) is 1.01. The van der Waals surface area contributed by atoms with Gasteiger partial charge < -0.3 is 11.5 Å². The third-order valence-corrected chi connectivity index (χ3v) is 2.86. The van der Waals surface area contributed by atoms with E-state index >= 15 is 0 Å². The van der Waals surface area contributed by atoms with Crippen LogP contribution >= 0.6 is 0 Å². The maximum absolute atomic E-state index is 11.5. The fourth-order valence-corrected chi connectivity index (χ4v) is 1.90. The first-order valence-electron chi connectivity index (χ1n) is 6.21. The molecule has 0 aliphatic carbocycles. The van der Waals surface area contributed by atoms with Gasteiger partial charge in [-0.1, -0.05) is 13.8 Å². The molecule has 6 nitrogen and oxygen atoms in total. The van der Waals surface area contributed by atoms with E-state index in [4.69, 9.17) is 11.5 Å². The molecule has 0 aliphatic heterocycles. The largest absolute Gasteiger partial charge is 0.399 e. The van der Waals surface area contributed by atoms with E-state index in [0.717, 1.165) is 24.5 Å². The maximum Gasteiger partial charge on any atom is 0.250 e. The Bertz CT molecular complexity index is 617. The zero-order chi connectivity index (χ0) is 14.0. The number of carbonyl (C=O) groups is 1. The van der Waals surface area contributed by atoms with Gasteiger partial charge in [0.1, 0.15) is 5.82 Å². The Balaban J connectivity index is 2.64. The Morgan fingerprint density at radius 2 is 2.05 bits per heavy atom. The van der Waals surface area contributed by atoms with Gasteiger partial charge in [-0.25, -0.2) is 9.67 Å². The molecule has 1 heterocycles. The van der Waals surface area contributed by atoms with E-state index in [1.165, 1.54) is 0 Å². The number of anilines is 1. The zero-order valence-electron chi connectivity index (χ0n) is 11.1. The molecule has 1 aromatic carbocycles. The van der Waals surface area contributed by atoms with Crippen LogP contribution in [0.25, 0.3) is 5.69 Å². The summed E-state index contributed by atoms with van der Waals surface area (Å²) in [5.41, 5.74) is 12.5. The molecule has 1 amide bonds. The third-order valence-electron chi connectivity index (χ3n) is 2.86. The Kier molecular flexibility index (Phi) is 3.50. The van der Waals surface area contributed by atoms with Gasteiger partial charge in [-0.15, -0.1) is 0 Å². The van der Waals surface area contributed by atoms with Crippen LogP contribution in [0.5, 0.6) is 0 Å². The predicted molar refractivity (Wildman–Crippen MR) is 73.0 cm³/mol. The van der Waals surface area contributed by atoms with Gasteiger partial charge in [-0.05, 0) is 18.2 Å². The van der Waals surface area contributed by atoms with Crippen LogP contribution in [0.3, 0.4) is 0 Å². The average molecular weight is 259 g/mol. The average Bonchev–Trinajstić information content (AvgIpc) is 2.81. The monoisotopic (exact) mass is 259 g/mol. The van der Waals surface area contributed by atoms with Crippen molar-refractivity contribution >= 4 is 11.6 Å². The number of nitrogens with two attached hydrogens (primary N) is 2. The van der Waals surface area contributed by atoms with Gasteiger partial charge in [0.25, 0.3) is 5.91 Å². The van der Waals surface area contributed by atoms with Crippen molar-refractivity contribution < 1.29 is 4.79 Å². The fourth-order valence-electron chi connectivity index (χ4n) is 1.90. The van der Waals surface area contributed by atoms with Crippen LogP contribution in [0, 0.1) is 0 Å². The SMILES string of the molecule is CCc1nc(CC)n(-c2ccc(N)cc2C(N)=O)n1. The standard InChI is InChI=1S/C13H17N5O/c1-3-11-16-12(4-2)18(17-11)10-6-5-8(14)7-9(10)13(15)19/h5-7H,3-4,14H2,1-2H3,(H2,15,19). The number of amides is 1. The van der Waals surface area contributed by atoms with E-state index in [0.29, 0.717) is 16.9 Å². The van der Waals surface area contributed by atoms with E-state index in [2.05, 4.69) is 10.1 Å². The predicted octanol–water partition coefficient (Wildman–Crippen LogP) is 1.07. The lowest BCUT2D eigenvalue weighted by molar-refractivity contribution is 0.1000. The van der Waals surface area contributed by atoms with E-state index in [9.17, 15) is 4.79 Å².